The summed E-state index contributed by atoms with van der Waals surface area (Å²) in [7, 11) is 0. The van der Waals surface area contributed by atoms with Crippen LogP contribution < -0.4 is 5.32 Å². The zero-order valence-electron chi connectivity index (χ0n) is 10.3. The van der Waals surface area contributed by atoms with Crippen LogP contribution in [-0.4, -0.2) is 42.2 Å². The largest absolute Gasteiger partial charge is 0.391 e. The maximum absolute atomic E-state index is 12.7. The van der Waals surface area contributed by atoms with E-state index in [1.807, 2.05) is 4.90 Å². The van der Waals surface area contributed by atoms with Gasteiger partial charge in [0, 0.05) is 36.8 Å². The fourth-order valence-electron chi connectivity index (χ4n) is 2.22. The maximum atomic E-state index is 12.7. The van der Waals surface area contributed by atoms with Crippen LogP contribution in [0, 0.1) is 0 Å². The van der Waals surface area contributed by atoms with Crippen molar-refractivity contribution in [3.05, 3.63) is 28.5 Å². The Labute approximate surface area is 118 Å². The molecular weight excluding hydrogens is 323 g/mol. The summed E-state index contributed by atoms with van der Waals surface area (Å²) < 4.78 is 39.0. The van der Waals surface area contributed by atoms with Crippen LogP contribution in [0.25, 0.3) is 0 Å². The molecule has 7 heteroatoms. The maximum Gasteiger partial charge on any atom is 0.391 e. The number of rotatable bonds is 3. The fraction of sp³-hybridized carbons (Fsp3) is 0.583. The molecule has 1 atom stereocenters. The predicted molar refractivity (Wildman–Crippen MR) is 69.8 cm³/mol. The highest BCUT2D eigenvalue weighted by Crippen LogP contribution is 2.33. The van der Waals surface area contributed by atoms with Gasteiger partial charge in [-0.2, -0.15) is 13.2 Å². The summed E-state index contributed by atoms with van der Waals surface area (Å²) in [6.45, 7) is 2.65. The minimum Gasteiger partial charge on any atom is -0.314 e. The molecule has 0 spiro atoms. The van der Waals surface area contributed by atoms with Gasteiger partial charge in [-0.1, -0.05) is 0 Å². The first-order valence-electron chi connectivity index (χ1n) is 6.09. The zero-order valence-corrected chi connectivity index (χ0v) is 11.8. The van der Waals surface area contributed by atoms with Crippen molar-refractivity contribution in [1.82, 2.24) is 15.2 Å². The van der Waals surface area contributed by atoms with Crippen LogP contribution in [0.4, 0.5) is 13.2 Å². The second kappa shape index (κ2) is 6.19. The first-order chi connectivity index (χ1) is 8.96. The smallest absolute Gasteiger partial charge is 0.314 e. The molecule has 0 amide bonds. The normalized spacial score (nSPS) is 19.4. The van der Waals surface area contributed by atoms with Gasteiger partial charge in [0.25, 0.3) is 0 Å². The van der Waals surface area contributed by atoms with Gasteiger partial charge in [-0.25, -0.2) is 0 Å². The molecule has 2 heterocycles. The van der Waals surface area contributed by atoms with Crippen LogP contribution in [-0.2, 0) is 0 Å². The van der Waals surface area contributed by atoms with Gasteiger partial charge in [0.05, 0.1) is 18.2 Å². The molecule has 0 unspecified atom stereocenters. The van der Waals surface area contributed by atoms with Crippen molar-refractivity contribution in [3.8, 4) is 0 Å². The van der Waals surface area contributed by atoms with Crippen molar-refractivity contribution >= 4 is 15.9 Å². The standard InChI is InChI=1S/C12H15BrF3N3/c13-9-1-2-10(18-8-9)11(7-12(14,15)16)19-5-3-17-4-6-19/h1-2,8,11,17H,3-7H2/t11-/m1/s1. The van der Waals surface area contributed by atoms with E-state index >= 15 is 0 Å². The third-order valence-corrected chi connectivity index (χ3v) is 3.58. The number of hydrogen-bond donors (Lipinski definition) is 1. The third-order valence-electron chi connectivity index (χ3n) is 3.11. The van der Waals surface area contributed by atoms with E-state index in [0.717, 1.165) is 4.47 Å². The number of alkyl halides is 3. The number of pyridine rings is 1. The highest BCUT2D eigenvalue weighted by molar-refractivity contribution is 9.10. The average Bonchev–Trinajstić information content (AvgIpc) is 2.37. The summed E-state index contributed by atoms with van der Waals surface area (Å²) in [5, 5.41) is 3.14. The van der Waals surface area contributed by atoms with Gasteiger partial charge >= 0.3 is 6.18 Å². The number of hydrogen-bond acceptors (Lipinski definition) is 3. The van der Waals surface area contributed by atoms with E-state index < -0.39 is 18.6 Å². The van der Waals surface area contributed by atoms with E-state index in [-0.39, 0.29) is 0 Å². The monoisotopic (exact) mass is 337 g/mol. The predicted octanol–water partition coefficient (Wildman–Crippen LogP) is 2.74. The van der Waals surface area contributed by atoms with Gasteiger partial charge in [0.15, 0.2) is 0 Å². The fourth-order valence-corrected chi connectivity index (χ4v) is 2.45. The molecule has 0 aromatic carbocycles. The molecule has 1 saturated heterocycles. The van der Waals surface area contributed by atoms with Crippen molar-refractivity contribution in [2.45, 2.75) is 18.6 Å². The van der Waals surface area contributed by atoms with E-state index in [9.17, 15) is 13.2 Å². The van der Waals surface area contributed by atoms with Crippen molar-refractivity contribution < 1.29 is 13.2 Å². The summed E-state index contributed by atoms with van der Waals surface area (Å²) in [6, 6.07) is 2.69. The number of halogens is 4. The molecule has 0 bridgehead atoms. The summed E-state index contributed by atoms with van der Waals surface area (Å²) >= 11 is 3.24. The lowest BCUT2D eigenvalue weighted by Gasteiger charge is -2.35. The summed E-state index contributed by atoms with van der Waals surface area (Å²) in [4.78, 5) is 5.98. The average molecular weight is 338 g/mol. The van der Waals surface area contributed by atoms with Crippen LogP contribution in [0.5, 0.6) is 0 Å². The SMILES string of the molecule is FC(F)(F)C[C@H](c1ccc(Br)cn1)N1CCNCC1. The highest BCUT2D eigenvalue weighted by atomic mass is 79.9. The third kappa shape index (κ3) is 4.43. The molecule has 0 saturated carbocycles. The summed E-state index contributed by atoms with van der Waals surface area (Å²) in [5.74, 6) is 0. The van der Waals surface area contributed by atoms with Gasteiger partial charge in [-0.3, -0.25) is 9.88 Å². The quantitative estimate of drug-likeness (QED) is 0.919. The molecule has 1 fully saturated rings. The molecule has 19 heavy (non-hydrogen) atoms. The Balaban J connectivity index is 2.19. The molecule has 1 aromatic heterocycles. The molecule has 3 nitrogen and oxygen atoms in total. The molecule has 2 rings (SSSR count). The second-order valence-corrected chi connectivity index (χ2v) is 5.44. The minimum atomic E-state index is -4.19. The molecule has 0 radical (unpaired) electrons. The van der Waals surface area contributed by atoms with Crippen LogP contribution in [0.1, 0.15) is 18.2 Å². The number of nitrogens with one attached hydrogen (secondary N) is 1. The lowest BCUT2D eigenvalue weighted by molar-refractivity contribution is -0.149. The van der Waals surface area contributed by atoms with E-state index in [2.05, 4.69) is 26.2 Å². The van der Waals surface area contributed by atoms with Gasteiger partial charge in [0.1, 0.15) is 0 Å². The van der Waals surface area contributed by atoms with Gasteiger partial charge < -0.3 is 5.32 Å². The molecule has 1 N–H and O–H groups in total. The molecule has 1 aliphatic heterocycles. The Bertz CT molecular complexity index is 402. The second-order valence-electron chi connectivity index (χ2n) is 4.52. The molecule has 1 aliphatic rings. The highest BCUT2D eigenvalue weighted by Gasteiger charge is 2.36. The summed E-state index contributed by atoms with van der Waals surface area (Å²) in [6.07, 6.45) is -3.51. The van der Waals surface area contributed by atoms with E-state index in [0.29, 0.717) is 31.9 Å². The van der Waals surface area contributed by atoms with Gasteiger partial charge in [0.2, 0.25) is 0 Å². The van der Waals surface area contributed by atoms with Crippen molar-refractivity contribution in [3.63, 3.8) is 0 Å². The molecular formula is C12H15BrF3N3. The molecule has 0 aliphatic carbocycles. The minimum absolute atomic E-state index is 0.474. The summed E-state index contributed by atoms with van der Waals surface area (Å²) in [5.41, 5.74) is 0.474. The van der Waals surface area contributed by atoms with Crippen molar-refractivity contribution in [1.29, 1.82) is 0 Å². The Hall–Kier alpha value is -0.660. The van der Waals surface area contributed by atoms with Crippen LogP contribution in [0.15, 0.2) is 22.8 Å². The first kappa shape index (κ1) is 14.7. The Morgan fingerprint density at radius 2 is 2.00 bits per heavy atom. The Morgan fingerprint density at radius 3 is 2.53 bits per heavy atom. The number of nitrogens with zero attached hydrogens (tertiary/aromatic N) is 2. The Kier molecular flexibility index (Phi) is 4.81. The molecule has 106 valence electrons. The van der Waals surface area contributed by atoms with Crippen LogP contribution in [0.2, 0.25) is 0 Å². The van der Waals surface area contributed by atoms with Gasteiger partial charge in [-0.15, -0.1) is 0 Å². The number of aromatic nitrogens is 1. The van der Waals surface area contributed by atoms with E-state index in [1.165, 1.54) is 0 Å². The zero-order chi connectivity index (χ0) is 13.9. The molecule has 1 aromatic rings. The van der Waals surface area contributed by atoms with Crippen molar-refractivity contribution in [2.75, 3.05) is 26.2 Å². The number of piperazine rings is 1. The van der Waals surface area contributed by atoms with Crippen molar-refractivity contribution in [2.24, 2.45) is 0 Å². The van der Waals surface area contributed by atoms with Gasteiger partial charge in [-0.05, 0) is 28.1 Å². The van der Waals surface area contributed by atoms with E-state index in [1.54, 1.807) is 18.3 Å². The lowest BCUT2D eigenvalue weighted by atomic mass is 10.1. The Morgan fingerprint density at radius 1 is 1.32 bits per heavy atom. The van der Waals surface area contributed by atoms with Crippen LogP contribution in [0.3, 0.4) is 0 Å². The topological polar surface area (TPSA) is 28.2 Å². The first-order valence-corrected chi connectivity index (χ1v) is 6.88. The van der Waals surface area contributed by atoms with E-state index in [4.69, 9.17) is 0 Å². The van der Waals surface area contributed by atoms with Crippen LogP contribution >= 0.6 is 15.9 Å². The lowest BCUT2D eigenvalue weighted by Crippen LogP contribution is -2.46.